The van der Waals surface area contributed by atoms with Gasteiger partial charge < -0.3 is 5.32 Å². The van der Waals surface area contributed by atoms with Gasteiger partial charge >= 0.3 is 0 Å². The Morgan fingerprint density at radius 2 is 1.80 bits per heavy atom. The summed E-state index contributed by atoms with van der Waals surface area (Å²) in [4.78, 5) is 13.0. The van der Waals surface area contributed by atoms with Crippen molar-refractivity contribution in [2.75, 3.05) is 5.32 Å². The van der Waals surface area contributed by atoms with Crippen LogP contribution in [0.4, 0.5) is 5.82 Å². The second kappa shape index (κ2) is 7.26. The quantitative estimate of drug-likeness (QED) is 0.521. The summed E-state index contributed by atoms with van der Waals surface area (Å²) in [6, 6.07) is 17.9. The fourth-order valence-corrected chi connectivity index (χ4v) is 3.77. The van der Waals surface area contributed by atoms with Crippen LogP contribution in [0.3, 0.4) is 0 Å². The van der Waals surface area contributed by atoms with E-state index >= 15 is 0 Å². The maximum absolute atomic E-state index is 13.0. The number of rotatable bonds is 5. The topological polar surface area (TPSA) is 88.5 Å². The third-order valence-corrected chi connectivity index (χ3v) is 5.24. The molecule has 4 aromatic rings. The van der Waals surface area contributed by atoms with Crippen LogP contribution in [0.15, 0.2) is 54.6 Å². The van der Waals surface area contributed by atoms with Crippen LogP contribution >= 0.6 is 0 Å². The van der Waals surface area contributed by atoms with Crippen molar-refractivity contribution in [3.05, 3.63) is 77.1 Å². The monoisotopic (exact) mass is 398 g/mol. The number of hydrogen-bond donors (Lipinski definition) is 2. The molecule has 0 spiro atoms. The lowest BCUT2D eigenvalue weighted by molar-refractivity contribution is 0.102. The number of anilines is 1. The van der Waals surface area contributed by atoms with E-state index in [1.807, 2.05) is 36.4 Å². The molecule has 5 rings (SSSR count). The van der Waals surface area contributed by atoms with Gasteiger partial charge in [-0.3, -0.25) is 9.89 Å². The smallest absolute Gasteiger partial charge is 0.279 e. The summed E-state index contributed by atoms with van der Waals surface area (Å²) in [5, 5.41) is 18.6. The first kappa shape index (κ1) is 18.3. The maximum atomic E-state index is 13.0. The normalized spacial score (nSPS) is 13.4. The first-order valence-electron chi connectivity index (χ1n) is 10.0. The molecule has 150 valence electrons. The van der Waals surface area contributed by atoms with Gasteiger partial charge in [-0.1, -0.05) is 40.6 Å². The zero-order valence-corrected chi connectivity index (χ0v) is 16.9. The molecule has 1 amide bonds. The summed E-state index contributed by atoms with van der Waals surface area (Å²) in [6.45, 7) is 4.12. The Balaban J connectivity index is 1.41. The van der Waals surface area contributed by atoms with E-state index in [9.17, 15) is 4.79 Å². The number of aromatic amines is 1. The van der Waals surface area contributed by atoms with Crippen LogP contribution < -0.4 is 5.32 Å². The number of amides is 1. The van der Waals surface area contributed by atoms with Crippen LogP contribution in [0.1, 0.15) is 46.1 Å². The van der Waals surface area contributed by atoms with Gasteiger partial charge in [0.05, 0.1) is 17.1 Å². The SMILES string of the molecule is Cc1cc(C)cc(-c2cc(NC(=O)c3nnn(-c4ccccc4)c3C3CC3)n[nH]2)c1. The molecular weight excluding hydrogens is 376 g/mol. The number of nitrogens with zero attached hydrogens (tertiary/aromatic N) is 4. The summed E-state index contributed by atoms with van der Waals surface area (Å²) in [5.41, 5.74) is 6.37. The van der Waals surface area contributed by atoms with Crippen LogP contribution in [-0.2, 0) is 0 Å². The highest BCUT2D eigenvalue weighted by molar-refractivity contribution is 6.03. The summed E-state index contributed by atoms with van der Waals surface area (Å²) in [5.74, 6) is 0.480. The minimum absolute atomic E-state index is 0.294. The number of hydrogen-bond acceptors (Lipinski definition) is 4. The van der Waals surface area contributed by atoms with Crippen molar-refractivity contribution in [2.45, 2.75) is 32.6 Å². The molecule has 0 unspecified atom stereocenters. The number of aromatic nitrogens is 5. The minimum Gasteiger partial charge on any atom is -0.304 e. The molecular formula is C23H22N6O. The predicted octanol–water partition coefficient (Wildman–Crippen LogP) is 4.40. The van der Waals surface area contributed by atoms with E-state index in [2.05, 4.69) is 57.9 Å². The van der Waals surface area contributed by atoms with Crippen LogP contribution in [0.2, 0.25) is 0 Å². The van der Waals surface area contributed by atoms with Gasteiger partial charge in [-0.15, -0.1) is 5.10 Å². The molecule has 30 heavy (non-hydrogen) atoms. The number of para-hydroxylation sites is 1. The molecule has 0 bridgehead atoms. The Kier molecular flexibility index (Phi) is 4.43. The van der Waals surface area contributed by atoms with E-state index in [-0.39, 0.29) is 5.91 Å². The maximum Gasteiger partial charge on any atom is 0.279 e. The summed E-state index contributed by atoms with van der Waals surface area (Å²) in [7, 11) is 0. The molecule has 0 aliphatic heterocycles. The first-order chi connectivity index (χ1) is 14.6. The summed E-state index contributed by atoms with van der Waals surface area (Å²) < 4.78 is 1.78. The van der Waals surface area contributed by atoms with E-state index in [1.54, 1.807) is 4.68 Å². The van der Waals surface area contributed by atoms with Crippen molar-refractivity contribution >= 4 is 11.7 Å². The Bertz CT molecular complexity index is 1200. The fourth-order valence-electron chi connectivity index (χ4n) is 3.77. The molecule has 2 aromatic heterocycles. The molecule has 1 aliphatic rings. The molecule has 1 fully saturated rings. The minimum atomic E-state index is -0.294. The largest absolute Gasteiger partial charge is 0.304 e. The van der Waals surface area contributed by atoms with E-state index in [0.717, 1.165) is 35.5 Å². The lowest BCUT2D eigenvalue weighted by atomic mass is 10.1. The van der Waals surface area contributed by atoms with Gasteiger partial charge in [0.15, 0.2) is 11.5 Å². The Morgan fingerprint density at radius 1 is 1.07 bits per heavy atom. The fraction of sp³-hybridized carbons (Fsp3) is 0.217. The van der Waals surface area contributed by atoms with Crippen molar-refractivity contribution in [2.24, 2.45) is 0 Å². The van der Waals surface area contributed by atoms with Crippen LogP contribution in [0.25, 0.3) is 16.9 Å². The van der Waals surface area contributed by atoms with E-state index < -0.39 is 0 Å². The molecule has 0 atom stereocenters. The molecule has 2 aromatic carbocycles. The average molecular weight is 398 g/mol. The second-order valence-electron chi connectivity index (χ2n) is 7.84. The third kappa shape index (κ3) is 3.50. The third-order valence-electron chi connectivity index (χ3n) is 5.24. The van der Waals surface area contributed by atoms with Crippen molar-refractivity contribution in [1.82, 2.24) is 25.2 Å². The van der Waals surface area contributed by atoms with E-state index in [1.165, 1.54) is 11.1 Å². The Labute approximate surface area is 174 Å². The first-order valence-corrected chi connectivity index (χ1v) is 10.0. The molecule has 2 heterocycles. The summed E-state index contributed by atoms with van der Waals surface area (Å²) >= 11 is 0. The number of carbonyl (C=O) groups excluding carboxylic acids is 1. The van der Waals surface area contributed by atoms with Gasteiger partial charge in [-0.2, -0.15) is 5.10 Å². The van der Waals surface area contributed by atoms with Crippen molar-refractivity contribution in [3.63, 3.8) is 0 Å². The molecule has 0 saturated heterocycles. The molecule has 7 heteroatoms. The average Bonchev–Trinajstić information content (AvgIpc) is 3.29. The predicted molar refractivity (Wildman–Crippen MR) is 115 cm³/mol. The highest BCUT2D eigenvalue weighted by Crippen LogP contribution is 2.42. The Hall–Kier alpha value is -3.74. The highest BCUT2D eigenvalue weighted by atomic mass is 16.2. The van der Waals surface area contributed by atoms with Crippen LogP contribution in [0.5, 0.6) is 0 Å². The Morgan fingerprint density at radius 3 is 2.50 bits per heavy atom. The highest BCUT2D eigenvalue weighted by Gasteiger charge is 2.34. The van der Waals surface area contributed by atoms with E-state index in [4.69, 9.17) is 0 Å². The molecule has 2 N–H and O–H groups in total. The number of nitrogens with one attached hydrogen (secondary N) is 2. The number of H-pyrrole nitrogens is 1. The molecule has 7 nitrogen and oxygen atoms in total. The summed E-state index contributed by atoms with van der Waals surface area (Å²) in [6.07, 6.45) is 2.08. The second-order valence-corrected chi connectivity index (χ2v) is 7.84. The van der Waals surface area contributed by atoms with Crippen LogP contribution in [0, 0.1) is 13.8 Å². The van der Waals surface area contributed by atoms with Crippen LogP contribution in [-0.4, -0.2) is 31.1 Å². The molecule has 0 radical (unpaired) electrons. The molecule has 1 saturated carbocycles. The van der Waals surface area contributed by atoms with E-state index in [0.29, 0.717) is 17.4 Å². The van der Waals surface area contributed by atoms with Crippen molar-refractivity contribution < 1.29 is 4.79 Å². The van der Waals surface area contributed by atoms with Gasteiger partial charge in [0, 0.05) is 17.5 Å². The standard InChI is InChI=1S/C23H22N6O/c1-14-10-15(2)12-17(11-14)19-13-20(26-25-19)24-23(30)21-22(16-8-9-16)29(28-27-21)18-6-4-3-5-7-18/h3-7,10-13,16H,8-9H2,1-2H3,(H2,24,25,26,30). The van der Waals surface area contributed by atoms with Gasteiger partial charge in [0.1, 0.15) is 0 Å². The lowest BCUT2D eigenvalue weighted by Crippen LogP contribution is -2.15. The van der Waals surface area contributed by atoms with Gasteiger partial charge in [0.25, 0.3) is 5.91 Å². The zero-order valence-electron chi connectivity index (χ0n) is 16.9. The van der Waals surface area contributed by atoms with Gasteiger partial charge in [-0.25, -0.2) is 4.68 Å². The van der Waals surface area contributed by atoms with Crippen molar-refractivity contribution in [3.8, 4) is 16.9 Å². The molecule has 1 aliphatic carbocycles. The number of aryl methyl sites for hydroxylation is 2. The number of carbonyl (C=O) groups is 1. The zero-order chi connectivity index (χ0) is 20.7. The lowest BCUT2D eigenvalue weighted by Gasteiger charge is -2.06. The van der Waals surface area contributed by atoms with Crippen molar-refractivity contribution in [1.29, 1.82) is 0 Å². The number of benzene rings is 2. The van der Waals surface area contributed by atoms with Gasteiger partial charge in [0.2, 0.25) is 0 Å². The van der Waals surface area contributed by atoms with Gasteiger partial charge in [-0.05, 0) is 51.0 Å².